The maximum absolute atomic E-state index is 5.06. The van der Waals surface area contributed by atoms with Gasteiger partial charge in [-0.3, -0.25) is 0 Å². The lowest BCUT2D eigenvalue weighted by Gasteiger charge is -1.68. The Morgan fingerprint density at radius 2 is 1.67 bits per heavy atom. The Kier molecular flexibility index (Phi) is 47.7. The van der Waals surface area contributed by atoms with Gasteiger partial charge < -0.3 is 11.9 Å². The first kappa shape index (κ1) is 16.1. The molecule has 0 amide bonds. The summed E-state index contributed by atoms with van der Waals surface area (Å²) in [6.45, 7) is 0.585. The first-order chi connectivity index (χ1) is 1.91. The van der Waals surface area contributed by atoms with Crippen LogP contribution in [-0.4, -0.2) is 12.4 Å². The van der Waals surface area contributed by atoms with Gasteiger partial charge >= 0.3 is 0 Å². The minimum Gasteiger partial charge on any atom is -0.344 e. The molecule has 0 aromatic heterocycles. The molecule has 0 aliphatic rings. The Hall–Kier alpha value is 0.500. The van der Waals surface area contributed by atoms with Crippen molar-refractivity contribution in [1.29, 1.82) is 0 Å². The molecule has 2 nitrogen and oxygen atoms in total. The fourth-order valence-electron chi connectivity index (χ4n) is 0. The molecule has 0 spiro atoms. The summed E-state index contributed by atoms with van der Waals surface area (Å²) in [5, 5.41) is 0. The quantitative estimate of drug-likeness (QED) is 0.519. The highest BCUT2D eigenvalue weighted by Gasteiger charge is 1.58. The van der Waals surface area contributed by atoms with Crippen LogP contribution in [0, 0.1) is 0 Å². The van der Waals surface area contributed by atoms with Gasteiger partial charge in [0.15, 0.2) is 0 Å². The van der Waals surface area contributed by atoms with E-state index in [1.807, 2.05) is 0 Å². The minimum absolute atomic E-state index is 0. The topological polar surface area (TPSA) is 61.0 Å². The summed E-state index contributed by atoms with van der Waals surface area (Å²) in [6, 6.07) is 0. The van der Waals surface area contributed by atoms with Gasteiger partial charge in [0.2, 0.25) is 0 Å². The summed E-state index contributed by atoms with van der Waals surface area (Å²) in [7, 11) is 0. The van der Waals surface area contributed by atoms with Gasteiger partial charge in [-0.05, 0) is 0 Å². The smallest absolute Gasteiger partial charge is 0.0346 e. The molecule has 6 heavy (non-hydrogen) atoms. The van der Waals surface area contributed by atoms with E-state index in [-0.39, 0.29) is 18.6 Å². The Bertz CT molecular complexity index is 11.5. The van der Waals surface area contributed by atoms with Gasteiger partial charge in [0, 0.05) is 12.4 Å². The van der Waals surface area contributed by atoms with Crippen molar-refractivity contribution in [2.75, 3.05) is 12.4 Å². The lowest BCUT2D eigenvalue weighted by atomic mass is 10.8. The van der Waals surface area contributed by atoms with Crippen LogP contribution in [0.15, 0.2) is 0 Å². The zero-order valence-electron chi connectivity index (χ0n) is 3.48. The third-order valence-electron chi connectivity index (χ3n) is 0.109. The van der Waals surface area contributed by atoms with Gasteiger partial charge in [-0.2, -0.15) is 0 Å². The molecule has 0 aliphatic carbocycles. The number of hydrogen-bond acceptors (Lipinski definition) is 2. The van der Waals surface area contributed by atoms with E-state index in [9.17, 15) is 0 Å². The van der Waals surface area contributed by atoms with E-state index in [1.54, 1.807) is 0 Å². The number of nitrogens with two attached hydrogens (primary N) is 1. The SMILES string of the molecule is Cl.N.NCCCl. The van der Waals surface area contributed by atoms with Crippen molar-refractivity contribution in [1.82, 2.24) is 6.15 Å². The number of rotatable bonds is 1. The average Bonchev–Trinajstić information content (AvgIpc) is 1.37. The van der Waals surface area contributed by atoms with E-state index >= 15 is 0 Å². The Labute approximate surface area is 49.0 Å². The molecule has 0 bridgehead atoms. The third kappa shape index (κ3) is 24.5. The molecule has 0 saturated heterocycles. The van der Waals surface area contributed by atoms with Gasteiger partial charge in [0.1, 0.15) is 0 Å². The lowest BCUT2D eigenvalue weighted by Crippen LogP contribution is -1.97. The monoisotopic (exact) mass is 132 g/mol. The molecular weight excluding hydrogens is 123 g/mol. The molecule has 0 fully saturated rings. The van der Waals surface area contributed by atoms with Crippen LogP contribution >= 0.6 is 24.0 Å². The van der Waals surface area contributed by atoms with Gasteiger partial charge in [-0.1, -0.05) is 0 Å². The zero-order chi connectivity index (χ0) is 3.41. The van der Waals surface area contributed by atoms with Crippen molar-refractivity contribution in [3.8, 4) is 0 Å². The van der Waals surface area contributed by atoms with Crippen molar-refractivity contribution < 1.29 is 0 Å². The lowest BCUT2D eigenvalue weighted by molar-refractivity contribution is 1.14. The first-order valence-corrected chi connectivity index (χ1v) is 1.71. The summed E-state index contributed by atoms with van der Waals surface area (Å²) in [6.07, 6.45) is 0. The number of hydrogen-bond donors (Lipinski definition) is 2. The Balaban J connectivity index is -0.0000000450. The van der Waals surface area contributed by atoms with Gasteiger partial charge in [0.25, 0.3) is 0 Å². The standard InChI is InChI=1S/C2H6ClN.ClH.H3N/c3-1-2-4;;/h1-2,4H2;1H;1H3. The molecule has 0 atom stereocenters. The molecule has 0 saturated carbocycles. The van der Waals surface area contributed by atoms with Crippen LogP contribution in [0.1, 0.15) is 0 Å². The second kappa shape index (κ2) is 17.8. The van der Waals surface area contributed by atoms with Crippen LogP contribution in [0.5, 0.6) is 0 Å². The molecule has 0 radical (unpaired) electrons. The molecule has 0 aliphatic heterocycles. The highest BCUT2D eigenvalue weighted by Crippen LogP contribution is 1.60. The zero-order valence-corrected chi connectivity index (χ0v) is 5.06. The van der Waals surface area contributed by atoms with Crippen LogP contribution in [0.3, 0.4) is 0 Å². The van der Waals surface area contributed by atoms with E-state index in [4.69, 9.17) is 17.3 Å². The summed E-state index contributed by atoms with van der Waals surface area (Å²) < 4.78 is 0. The largest absolute Gasteiger partial charge is 0.344 e. The van der Waals surface area contributed by atoms with Crippen LogP contribution in [0.2, 0.25) is 0 Å². The van der Waals surface area contributed by atoms with Gasteiger partial charge in [-0.15, -0.1) is 24.0 Å². The number of alkyl halides is 1. The molecule has 0 aromatic rings. The fourth-order valence-corrected chi connectivity index (χ4v) is 0. The molecule has 0 unspecified atom stereocenters. The molecule has 5 N–H and O–H groups in total. The predicted molar refractivity (Wildman–Crippen MR) is 32.0 cm³/mol. The average molecular weight is 133 g/mol. The second-order valence-electron chi connectivity index (χ2n) is 0.478. The van der Waals surface area contributed by atoms with E-state index in [0.717, 1.165) is 0 Å². The van der Waals surface area contributed by atoms with E-state index < -0.39 is 0 Å². The van der Waals surface area contributed by atoms with Gasteiger partial charge in [-0.25, -0.2) is 0 Å². The van der Waals surface area contributed by atoms with Crippen LogP contribution in [0.4, 0.5) is 0 Å². The molecule has 0 aromatic carbocycles. The molecule has 4 heteroatoms. The highest BCUT2D eigenvalue weighted by atomic mass is 35.5. The third-order valence-corrected chi connectivity index (χ3v) is 0.327. The highest BCUT2D eigenvalue weighted by molar-refractivity contribution is 6.18. The van der Waals surface area contributed by atoms with Crippen LogP contribution < -0.4 is 11.9 Å². The predicted octanol–water partition coefficient (Wildman–Crippen LogP) is 0.768. The Morgan fingerprint density at radius 1 is 1.50 bits per heavy atom. The number of halogens is 2. The molecule has 0 heterocycles. The first-order valence-electron chi connectivity index (χ1n) is 1.18. The van der Waals surface area contributed by atoms with Crippen molar-refractivity contribution in [2.24, 2.45) is 5.73 Å². The van der Waals surface area contributed by atoms with Crippen LogP contribution in [0.25, 0.3) is 0 Å². The van der Waals surface area contributed by atoms with E-state index in [0.29, 0.717) is 12.4 Å². The summed E-state index contributed by atoms with van der Waals surface area (Å²) in [4.78, 5) is 0. The van der Waals surface area contributed by atoms with Crippen molar-refractivity contribution in [2.45, 2.75) is 0 Å². The van der Waals surface area contributed by atoms with Crippen LogP contribution in [-0.2, 0) is 0 Å². The van der Waals surface area contributed by atoms with E-state index in [2.05, 4.69) is 0 Å². The Morgan fingerprint density at radius 3 is 1.67 bits per heavy atom. The molecule has 42 valence electrons. The summed E-state index contributed by atoms with van der Waals surface area (Å²) in [5.41, 5.74) is 4.90. The second-order valence-corrected chi connectivity index (χ2v) is 0.856. The summed E-state index contributed by atoms with van der Waals surface area (Å²) >= 11 is 5.06. The molecular formula is C2H10Cl2N2. The van der Waals surface area contributed by atoms with Crippen molar-refractivity contribution >= 4 is 24.0 Å². The maximum Gasteiger partial charge on any atom is 0.0346 e. The van der Waals surface area contributed by atoms with Crippen molar-refractivity contribution in [3.63, 3.8) is 0 Å². The van der Waals surface area contributed by atoms with Crippen molar-refractivity contribution in [3.05, 3.63) is 0 Å². The maximum atomic E-state index is 5.06. The minimum atomic E-state index is 0. The van der Waals surface area contributed by atoms with Gasteiger partial charge in [0.05, 0.1) is 0 Å². The fraction of sp³-hybridized carbons (Fsp3) is 1.00. The summed E-state index contributed by atoms with van der Waals surface area (Å²) in [5.74, 6) is 0.569. The molecule has 0 rings (SSSR count). The van der Waals surface area contributed by atoms with E-state index in [1.165, 1.54) is 0 Å². The normalized spacial score (nSPS) is 5.00.